The molecule has 4 saturated carbocycles. The summed E-state index contributed by atoms with van der Waals surface area (Å²) in [7, 11) is 0. The summed E-state index contributed by atoms with van der Waals surface area (Å²) >= 11 is 0. The summed E-state index contributed by atoms with van der Waals surface area (Å²) < 4.78 is 1.96. The van der Waals surface area contributed by atoms with E-state index in [1.807, 2.05) is 11.6 Å². The van der Waals surface area contributed by atoms with Crippen molar-refractivity contribution in [3.05, 3.63) is 23.0 Å². The van der Waals surface area contributed by atoms with Gasteiger partial charge in [0.15, 0.2) is 5.78 Å². The van der Waals surface area contributed by atoms with E-state index in [1.165, 1.54) is 19.3 Å². The van der Waals surface area contributed by atoms with Gasteiger partial charge in [-0.1, -0.05) is 13.8 Å². The maximum atomic E-state index is 13.6. The largest absolute Gasteiger partial charge is 0.393 e. The van der Waals surface area contributed by atoms with Gasteiger partial charge in [-0.2, -0.15) is 5.10 Å². The molecule has 0 spiro atoms. The molecule has 4 fully saturated rings. The third-order valence-corrected chi connectivity index (χ3v) is 9.92. The Morgan fingerprint density at radius 3 is 2.73 bits per heavy atom. The minimum Gasteiger partial charge on any atom is -0.393 e. The van der Waals surface area contributed by atoms with Crippen molar-refractivity contribution in [1.29, 1.82) is 0 Å². The van der Waals surface area contributed by atoms with Crippen LogP contribution in [-0.2, 0) is 11.3 Å². The van der Waals surface area contributed by atoms with Crippen LogP contribution in [0.4, 0.5) is 0 Å². The molecular formula is C26H38N2O2. The Labute approximate surface area is 181 Å². The molecule has 4 aliphatic rings. The third kappa shape index (κ3) is 2.89. The van der Waals surface area contributed by atoms with Crippen LogP contribution in [0.1, 0.15) is 83.4 Å². The fourth-order valence-corrected chi connectivity index (χ4v) is 8.06. The van der Waals surface area contributed by atoms with Gasteiger partial charge in [-0.05, 0) is 106 Å². The van der Waals surface area contributed by atoms with Gasteiger partial charge in [-0.15, -0.1) is 0 Å². The maximum absolute atomic E-state index is 13.6. The topological polar surface area (TPSA) is 55.1 Å². The van der Waals surface area contributed by atoms with Gasteiger partial charge in [0.05, 0.1) is 11.8 Å². The molecule has 7 atom stereocenters. The number of aryl methyl sites for hydroxylation is 2. The van der Waals surface area contributed by atoms with Gasteiger partial charge in [-0.25, -0.2) is 0 Å². The predicted molar refractivity (Wildman–Crippen MR) is 119 cm³/mol. The Bertz CT molecular complexity index is 886. The first-order valence-electron chi connectivity index (χ1n) is 12.2. The molecule has 4 heteroatoms. The number of carbonyl (C=O) groups is 1. The van der Waals surface area contributed by atoms with Gasteiger partial charge >= 0.3 is 0 Å². The number of rotatable bonds is 2. The molecule has 1 aromatic heterocycles. The van der Waals surface area contributed by atoms with E-state index in [9.17, 15) is 9.90 Å². The summed E-state index contributed by atoms with van der Waals surface area (Å²) in [6.45, 7) is 9.78. The summed E-state index contributed by atoms with van der Waals surface area (Å²) in [6, 6.07) is 0. The molecule has 1 heterocycles. The van der Waals surface area contributed by atoms with Crippen LogP contribution < -0.4 is 0 Å². The van der Waals surface area contributed by atoms with Crippen molar-refractivity contribution in [3.63, 3.8) is 0 Å². The molecule has 5 rings (SSSR count). The number of hydrogen-bond donors (Lipinski definition) is 1. The Kier molecular flexibility index (Phi) is 4.81. The average molecular weight is 411 g/mol. The lowest BCUT2D eigenvalue weighted by Crippen LogP contribution is -2.54. The van der Waals surface area contributed by atoms with Crippen molar-refractivity contribution in [2.24, 2.45) is 34.5 Å². The van der Waals surface area contributed by atoms with E-state index in [0.29, 0.717) is 29.0 Å². The molecule has 0 aliphatic heterocycles. The molecule has 1 N–H and O–H groups in total. The van der Waals surface area contributed by atoms with E-state index in [2.05, 4.69) is 38.1 Å². The summed E-state index contributed by atoms with van der Waals surface area (Å²) in [5, 5.41) is 14.8. The number of aromatic nitrogens is 2. The van der Waals surface area contributed by atoms with Crippen LogP contribution in [0.5, 0.6) is 0 Å². The highest BCUT2D eigenvalue weighted by molar-refractivity contribution is 6.06. The first-order chi connectivity index (χ1) is 14.3. The highest BCUT2D eigenvalue weighted by Gasteiger charge is 2.61. The lowest BCUT2D eigenvalue weighted by molar-refractivity contribution is -0.141. The molecule has 0 bridgehead atoms. The van der Waals surface area contributed by atoms with E-state index < -0.39 is 0 Å². The van der Waals surface area contributed by atoms with Gasteiger partial charge in [-0.3, -0.25) is 9.48 Å². The molecule has 0 unspecified atom stereocenters. The van der Waals surface area contributed by atoms with Crippen LogP contribution in [0.25, 0.3) is 6.08 Å². The number of ketones is 1. The summed E-state index contributed by atoms with van der Waals surface area (Å²) in [5.41, 5.74) is 3.34. The molecule has 0 aromatic carbocycles. The summed E-state index contributed by atoms with van der Waals surface area (Å²) in [5.74, 6) is 2.94. The Balaban J connectivity index is 1.45. The van der Waals surface area contributed by atoms with E-state index in [4.69, 9.17) is 0 Å². The number of aliphatic hydroxyl groups is 1. The van der Waals surface area contributed by atoms with Crippen LogP contribution in [0, 0.1) is 41.4 Å². The Morgan fingerprint density at radius 1 is 1.20 bits per heavy atom. The van der Waals surface area contributed by atoms with E-state index in [1.54, 1.807) is 0 Å². The number of hydrogen-bond acceptors (Lipinski definition) is 3. The second-order valence-electron chi connectivity index (χ2n) is 11.3. The molecule has 4 aliphatic carbocycles. The minimum absolute atomic E-state index is 0.0941. The molecular weight excluding hydrogens is 372 g/mol. The van der Waals surface area contributed by atoms with Crippen LogP contribution in [0.3, 0.4) is 0 Å². The van der Waals surface area contributed by atoms with Crippen molar-refractivity contribution in [2.75, 3.05) is 0 Å². The number of nitrogens with zero attached hydrogens (tertiary/aromatic N) is 2. The van der Waals surface area contributed by atoms with E-state index >= 15 is 0 Å². The Morgan fingerprint density at radius 2 is 2.00 bits per heavy atom. The maximum Gasteiger partial charge on any atom is 0.165 e. The minimum atomic E-state index is -0.182. The first-order valence-corrected chi connectivity index (χ1v) is 12.2. The number of Topliss-reactive ketones (excluding diaryl/α,β-unsaturated/α-hetero) is 1. The second-order valence-corrected chi connectivity index (χ2v) is 11.3. The average Bonchev–Trinajstić information content (AvgIpc) is 3.20. The van der Waals surface area contributed by atoms with Gasteiger partial charge < -0.3 is 5.11 Å². The predicted octanol–water partition coefficient (Wildman–Crippen LogP) is 5.18. The number of fused-ring (bicyclic) bond motifs is 5. The van der Waals surface area contributed by atoms with Crippen LogP contribution in [0.15, 0.2) is 11.8 Å². The van der Waals surface area contributed by atoms with Crippen molar-refractivity contribution in [2.45, 2.75) is 91.7 Å². The van der Waals surface area contributed by atoms with Crippen molar-refractivity contribution in [3.8, 4) is 0 Å². The summed E-state index contributed by atoms with van der Waals surface area (Å²) in [4.78, 5) is 13.6. The third-order valence-electron chi connectivity index (χ3n) is 9.92. The lowest BCUT2D eigenvalue weighted by Gasteiger charge is -2.59. The molecule has 30 heavy (non-hydrogen) atoms. The molecule has 0 radical (unpaired) electrons. The normalized spacial score (nSPS) is 44.6. The fraction of sp³-hybridized carbons (Fsp3) is 0.769. The number of aliphatic hydroxyl groups excluding tert-OH is 1. The van der Waals surface area contributed by atoms with Crippen molar-refractivity contribution in [1.82, 2.24) is 9.78 Å². The number of carbonyl (C=O) groups excluding carboxylic acids is 1. The van der Waals surface area contributed by atoms with E-state index in [-0.39, 0.29) is 11.5 Å². The fourth-order valence-electron chi connectivity index (χ4n) is 8.06. The summed E-state index contributed by atoms with van der Waals surface area (Å²) in [6.07, 6.45) is 12.9. The van der Waals surface area contributed by atoms with Gasteiger partial charge in [0.25, 0.3) is 0 Å². The molecule has 1 aromatic rings. The zero-order valence-electron chi connectivity index (χ0n) is 19.2. The smallest absolute Gasteiger partial charge is 0.165 e. The Hall–Kier alpha value is -1.42. The quantitative estimate of drug-likeness (QED) is 0.684. The van der Waals surface area contributed by atoms with Gasteiger partial charge in [0.2, 0.25) is 0 Å². The first kappa shape index (κ1) is 20.5. The SMILES string of the molecule is CCn1cc(/C=C2\C[C@H]3[C@@H]4CC[C@@H]5C[C@H](O)CC[C@]5(C)[C@H]4CC[C@]3(C)C2=O)c(C)n1. The van der Waals surface area contributed by atoms with E-state index in [0.717, 1.165) is 61.4 Å². The molecule has 0 saturated heterocycles. The van der Waals surface area contributed by atoms with Crippen molar-refractivity contribution >= 4 is 11.9 Å². The number of allylic oxidation sites excluding steroid dienone is 1. The second kappa shape index (κ2) is 7.05. The zero-order valence-corrected chi connectivity index (χ0v) is 19.2. The molecule has 164 valence electrons. The monoisotopic (exact) mass is 410 g/mol. The van der Waals surface area contributed by atoms with Crippen molar-refractivity contribution < 1.29 is 9.90 Å². The van der Waals surface area contributed by atoms with Gasteiger partial charge in [0.1, 0.15) is 0 Å². The molecule has 0 amide bonds. The highest BCUT2D eigenvalue weighted by Crippen LogP contribution is 2.66. The zero-order chi connectivity index (χ0) is 21.3. The van der Waals surface area contributed by atoms with Crippen LogP contribution >= 0.6 is 0 Å². The lowest BCUT2D eigenvalue weighted by atomic mass is 9.45. The van der Waals surface area contributed by atoms with Crippen LogP contribution in [-0.4, -0.2) is 26.8 Å². The molecule has 4 nitrogen and oxygen atoms in total. The highest BCUT2D eigenvalue weighted by atomic mass is 16.3. The standard InChI is InChI=1S/C26H38N2O2/c1-5-28-15-18(16(2)27-28)12-17-13-23-21-7-6-19-14-20(29)8-10-25(19,3)22(21)9-11-26(23,4)24(17)30/h12,15,19-23,29H,5-11,13-14H2,1-4H3/b17-12+/t19-,20-,21-,22+,23+,25+,26+/m1/s1. The van der Waals surface area contributed by atoms with Crippen LogP contribution in [0.2, 0.25) is 0 Å². The van der Waals surface area contributed by atoms with Gasteiger partial charge in [0, 0.05) is 23.7 Å².